The van der Waals surface area contributed by atoms with Crippen molar-refractivity contribution in [2.24, 2.45) is 7.05 Å². The van der Waals surface area contributed by atoms with Gasteiger partial charge in [0.05, 0.1) is 0 Å². The van der Waals surface area contributed by atoms with E-state index in [4.69, 9.17) is 9.47 Å². The highest BCUT2D eigenvalue weighted by Crippen LogP contribution is 2.34. The molecule has 116 valence electrons. The normalized spacial score (nSPS) is 13.0. The van der Waals surface area contributed by atoms with E-state index in [9.17, 15) is 4.79 Å². The maximum Gasteiger partial charge on any atom is 0.227 e. The molecule has 2 aromatic rings. The molecule has 0 radical (unpaired) electrons. The second kappa shape index (κ2) is 6.74. The molecule has 0 spiro atoms. The molecular weight excluding hydrogens is 302 g/mol. The van der Waals surface area contributed by atoms with Crippen LogP contribution in [0.1, 0.15) is 6.42 Å². The number of fused-ring (bicyclic) bond motifs is 1. The SMILES string of the molecule is Cn1ccnc1NC(=O)CCSc1ccc2c(c1)OCCO2. The van der Waals surface area contributed by atoms with Crippen LogP contribution in [0.4, 0.5) is 5.95 Å². The van der Waals surface area contributed by atoms with Crippen LogP contribution in [-0.4, -0.2) is 34.4 Å². The summed E-state index contributed by atoms with van der Waals surface area (Å²) in [5, 5.41) is 2.78. The molecule has 1 amide bonds. The Hall–Kier alpha value is -2.15. The largest absolute Gasteiger partial charge is 0.486 e. The average molecular weight is 319 g/mol. The number of ether oxygens (including phenoxy) is 2. The van der Waals surface area contributed by atoms with Gasteiger partial charge in [-0.25, -0.2) is 4.98 Å². The summed E-state index contributed by atoms with van der Waals surface area (Å²) in [6.45, 7) is 1.17. The van der Waals surface area contributed by atoms with E-state index in [2.05, 4.69) is 10.3 Å². The van der Waals surface area contributed by atoms with Crippen molar-refractivity contribution in [2.45, 2.75) is 11.3 Å². The lowest BCUT2D eigenvalue weighted by atomic mass is 10.3. The van der Waals surface area contributed by atoms with Gasteiger partial charge < -0.3 is 14.0 Å². The van der Waals surface area contributed by atoms with E-state index in [0.29, 0.717) is 31.3 Å². The number of benzene rings is 1. The molecule has 0 unspecified atom stereocenters. The number of carbonyl (C=O) groups is 1. The Morgan fingerprint density at radius 2 is 2.18 bits per heavy atom. The molecule has 0 saturated heterocycles. The predicted molar refractivity (Wildman–Crippen MR) is 84.6 cm³/mol. The molecule has 0 fully saturated rings. The summed E-state index contributed by atoms with van der Waals surface area (Å²) < 4.78 is 12.8. The van der Waals surface area contributed by atoms with Crippen LogP contribution in [0.3, 0.4) is 0 Å². The second-order valence-electron chi connectivity index (χ2n) is 4.81. The van der Waals surface area contributed by atoms with Gasteiger partial charge in [0.25, 0.3) is 0 Å². The second-order valence-corrected chi connectivity index (χ2v) is 5.98. The quantitative estimate of drug-likeness (QED) is 0.857. The van der Waals surface area contributed by atoms with Crippen LogP contribution in [0.5, 0.6) is 11.5 Å². The average Bonchev–Trinajstić information content (AvgIpc) is 2.92. The minimum Gasteiger partial charge on any atom is -0.486 e. The Bertz CT molecular complexity index is 672. The van der Waals surface area contributed by atoms with Crippen molar-refractivity contribution in [1.82, 2.24) is 9.55 Å². The molecule has 0 atom stereocenters. The van der Waals surface area contributed by atoms with Gasteiger partial charge in [-0.1, -0.05) is 0 Å². The smallest absolute Gasteiger partial charge is 0.227 e. The molecule has 1 aliphatic heterocycles. The van der Waals surface area contributed by atoms with Crippen LogP contribution in [-0.2, 0) is 11.8 Å². The Balaban J connectivity index is 1.48. The fourth-order valence-electron chi connectivity index (χ4n) is 2.05. The summed E-state index contributed by atoms with van der Waals surface area (Å²) in [6.07, 6.45) is 3.87. The third kappa shape index (κ3) is 3.54. The zero-order chi connectivity index (χ0) is 15.4. The number of thioether (sulfide) groups is 1. The van der Waals surface area contributed by atoms with Crippen LogP contribution < -0.4 is 14.8 Å². The van der Waals surface area contributed by atoms with Gasteiger partial charge in [-0.3, -0.25) is 10.1 Å². The number of imidazole rings is 1. The highest BCUT2D eigenvalue weighted by Gasteiger charge is 2.12. The number of carbonyl (C=O) groups excluding carboxylic acids is 1. The highest BCUT2D eigenvalue weighted by molar-refractivity contribution is 7.99. The first-order valence-electron chi connectivity index (χ1n) is 7.02. The summed E-state index contributed by atoms with van der Waals surface area (Å²) in [6, 6.07) is 5.84. The van der Waals surface area contributed by atoms with Crippen LogP contribution in [0.15, 0.2) is 35.5 Å². The van der Waals surface area contributed by atoms with Gasteiger partial charge in [0.2, 0.25) is 11.9 Å². The molecule has 1 N–H and O–H groups in total. The molecule has 2 heterocycles. The minimum absolute atomic E-state index is 0.0423. The van der Waals surface area contributed by atoms with E-state index >= 15 is 0 Å². The summed E-state index contributed by atoms with van der Waals surface area (Å²) in [5.74, 6) is 2.76. The van der Waals surface area contributed by atoms with Crippen molar-refractivity contribution in [2.75, 3.05) is 24.3 Å². The van der Waals surface area contributed by atoms with Crippen molar-refractivity contribution < 1.29 is 14.3 Å². The Kier molecular flexibility index (Phi) is 4.53. The number of anilines is 1. The first-order valence-corrected chi connectivity index (χ1v) is 8.00. The fourth-order valence-corrected chi connectivity index (χ4v) is 2.93. The maximum absolute atomic E-state index is 11.9. The molecule has 22 heavy (non-hydrogen) atoms. The zero-order valence-electron chi connectivity index (χ0n) is 12.2. The Labute approximate surface area is 132 Å². The van der Waals surface area contributed by atoms with Crippen molar-refractivity contribution in [3.05, 3.63) is 30.6 Å². The molecule has 0 aliphatic carbocycles. The first kappa shape index (κ1) is 14.8. The van der Waals surface area contributed by atoms with Gasteiger partial charge in [0, 0.05) is 36.5 Å². The van der Waals surface area contributed by atoms with Crippen molar-refractivity contribution in [1.29, 1.82) is 0 Å². The number of nitrogens with one attached hydrogen (secondary N) is 1. The summed E-state index contributed by atoms with van der Waals surface area (Å²) in [7, 11) is 1.84. The summed E-state index contributed by atoms with van der Waals surface area (Å²) in [4.78, 5) is 17.0. The standard InChI is InChI=1S/C15H17N3O3S/c1-18-6-5-16-15(18)17-14(19)4-9-22-11-2-3-12-13(10-11)21-8-7-20-12/h2-3,5-6,10H,4,7-9H2,1H3,(H,16,17,19). The lowest BCUT2D eigenvalue weighted by Crippen LogP contribution is -2.15. The number of amides is 1. The molecule has 7 heteroatoms. The van der Waals surface area contributed by atoms with Gasteiger partial charge in [-0.15, -0.1) is 11.8 Å². The van der Waals surface area contributed by atoms with E-state index in [0.717, 1.165) is 16.4 Å². The van der Waals surface area contributed by atoms with E-state index < -0.39 is 0 Å². The zero-order valence-corrected chi connectivity index (χ0v) is 13.1. The van der Waals surface area contributed by atoms with E-state index in [-0.39, 0.29) is 5.91 Å². The number of hydrogen-bond acceptors (Lipinski definition) is 5. The lowest BCUT2D eigenvalue weighted by Gasteiger charge is -2.18. The van der Waals surface area contributed by atoms with E-state index in [1.165, 1.54) is 0 Å². The molecular formula is C15H17N3O3S. The van der Waals surface area contributed by atoms with Gasteiger partial charge >= 0.3 is 0 Å². The highest BCUT2D eigenvalue weighted by atomic mass is 32.2. The Morgan fingerprint density at radius 1 is 1.36 bits per heavy atom. The van der Waals surface area contributed by atoms with Crippen LogP contribution in [0.25, 0.3) is 0 Å². The molecule has 0 saturated carbocycles. The lowest BCUT2D eigenvalue weighted by molar-refractivity contribution is -0.115. The number of nitrogens with zero attached hydrogens (tertiary/aromatic N) is 2. The summed E-state index contributed by atoms with van der Waals surface area (Å²) in [5.41, 5.74) is 0. The van der Waals surface area contributed by atoms with E-state index in [1.54, 1.807) is 28.7 Å². The monoisotopic (exact) mass is 319 g/mol. The van der Waals surface area contributed by atoms with Crippen LogP contribution in [0, 0.1) is 0 Å². The fraction of sp³-hybridized carbons (Fsp3) is 0.333. The van der Waals surface area contributed by atoms with Crippen LogP contribution >= 0.6 is 11.8 Å². The predicted octanol–water partition coefficient (Wildman–Crippen LogP) is 2.31. The summed E-state index contributed by atoms with van der Waals surface area (Å²) >= 11 is 1.61. The molecule has 1 aliphatic rings. The van der Waals surface area contributed by atoms with Crippen LogP contribution in [0.2, 0.25) is 0 Å². The van der Waals surface area contributed by atoms with E-state index in [1.807, 2.05) is 25.2 Å². The van der Waals surface area contributed by atoms with Crippen molar-refractivity contribution >= 4 is 23.6 Å². The van der Waals surface area contributed by atoms with Gasteiger partial charge in [-0.2, -0.15) is 0 Å². The number of aryl methyl sites for hydroxylation is 1. The maximum atomic E-state index is 11.9. The van der Waals surface area contributed by atoms with Gasteiger partial charge in [0.15, 0.2) is 11.5 Å². The number of rotatable bonds is 5. The molecule has 1 aromatic carbocycles. The van der Waals surface area contributed by atoms with Crippen molar-refractivity contribution in [3.63, 3.8) is 0 Å². The topological polar surface area (TPSA) is 65.4 Å². The van der Waals surface area contributed by atoms with Crippen molar-refractivity contribution in [3.8, 4) is 11.5 Å². The molecule has 3 rings (SSSR count). The van der Waals surface area contributed by atoms with Gasteiger partial charge in [0.1, 0.15) is 13.2 Å². The third-order valence-corrected chi connectivity index (χ3v) is 4.18. The van der Waals surface area contributed by atoms with Gasteiger partial charge in [-0.05, 0) is 18.2 Å². The molecule has 0 bridgehead atoms. The molecule has 6 nitrogen and oxygen atoms in total. The first-order chi connectivity index (χ1) is 10.7. The number of hydrogen-bond donors (Lipinski definition) is 1. The number of aromatic nitrogens is 2. The Morgan fingerprint density at radius 3 is 2.95 bits per heavy atom. The third-order valence-electron chi connectivity index (χ3n) is 3.18. The molecule has 1 aromatic heterocycles. The minimum atomic E-state index is -0.0423.